The van der Waals surface area contributed by atoms with Crippen LogP contribution in [0.1, 0.15) is 29.7 Å². The smallest absolute Gasteiger partial charge is 0.170 e. The molecule has 0 aromatic heterocycles. The summed E-state index contributed by atoms with van der Waals surface area (Å²) in [7, 11) is 1.47. The molecule has 21 heavy (non-hydrogen) atoms. The average molecular weight is 308 g/mol. The van der Waals surface area contributed by atoms with E-state index in [-0.39, 0.29) is 17.6 Å². The lowest BCUT2D eigenvalue weighted by molar-refractivity contribution is 0.381. The van der Waals surface area contributed by atoms with Crippen LogP contribution in [0.3, 0.4) is 0 Å². The summed E-state index contributed by atoms with van der Waals surface area (Å²) in [5.41, 5.74) is 2.59. The second-order valence-electron chi connectivity index (χ2n) is 4.86. The van der Waals surface area contributed by atoms with E-state index in [1.54, 1.807) is 18.2 Å². The molecule has 0 saturated heterocycles. The molecule has 1 atom stereocenters. The lowest BCUT2D eigenvalue weighted by atomic mass is 9.94. The maximum atomic E-state index is 14.6. The van der Waals surface area contributed by atoms with E-state index in [1.807, 2.05) is 32.0 Å². The van der Waals surface area contributed by atoms with Crippen LogP contribution in [0, 0.1) is 12.7 Å². The van der Waals surface area contributed by atoms with Gasteiger partial charge >= 0.3 is 0 Å². The summed E-state index contributed by atoms with van der Waals surface area (Å²) in [6, 6.07) is 10.6. The van der Waals surface area contributed by atoms with Gasteiger partial charge in [-0.25, -0.2) is 4.39 Å². The monoisotopic (exact) mass is 307 g/mol. The van der Waals surface area contributed by atoms with Crippen LogP contribution in [0.5, 0.6) is 5.75 Å². The maximum Gasteiger partial charge on any atom is 0.170 e. The standard InChI is InChI=1S/C17H19ClFNO/c1-4-20-17(14-10-12(18)9-8-11(14)2)13-6-5-7-15(21-3)16(13)19/h5-10,17,20H,4H2,1-3H3. The molecule has 2 rings (SSSR count). The lowest BCUT2D eigenvalue weighted by Crippen LogP contribution is -2.24. The highest BCUT2D eigenvalue weighted by molar-refractivity contribution is 6.30. The Kier molecular flexibility index (Phi) is 5.21. The van der Waals surface area contributed by atoms with Crippen molar-refractivity contribution in [3.63, 3.8) is 0 Å². The molecule has 112 valence electrons. The van der Waals surface area contributed by atoms with Gasteiger partial charge in [-0.3, -0.25) is 0 Å². The van der Waals surface area contributed by atoms with E-state index < -0.39 is 0 Å². The Bertz CT molecular complexity index is 630. The van der Waals surface area contributed by atoms with E-state index in [9.17, 15) is 4.39 Å². The van der Waals surface area contributed by atoms with Crippen LogP contribution in [0.25, 0.3) is 0 Å². The van der Waals surface area contributed by atoms with Gasteiger partial charge in [0.05, 0.1) is 13.2 Å². The predicted molar refractivity (Wildman–Crippen MR) is 84.7 cm³/mol. The summed E-state index contributed by atoms with van der Waals surface area (Å²) in [5.74, 6) is -0.0968. The van der Waals surface area contributed by atoms with E-state index in [0.717, 1.165) is 11.1 Å². The molecule has 4 heteroatoms. The third kappa shape index (κ3) is 3.36. The van der Waals surface area contributed by atoms with Crippen molar-refractivity contribution in [1.82, 2.24) is 5.32 Å². The summed E-state index contributed by atoms with van der Waals surface area (Å²) in [6.07, 6.45) is 0. The normalized spacial score (nSPS) is 12.2. The van der Waals surface area contributed by atoms with Crippen LogP contribution in [0.4, 0.5) is 4.39 Å². The molecule has 0 saturated carbocycles. The Morgan fingerprint density at radius 1 is 1.24 bits per heavy atom. The molecule has 0 heterocycles. The highest BCUT2D eigenvalue weighted by Gasteiger charge is 2.21. The number of benzene rings is 2. The van der Waals surface area contributed by atoms with Gasteiger partial charge < -0.3 is 10.1 Å². The lowest BCUT2D eigenvalue weighted by Gasteiger charge is -2.22. The fourth-order valence-corrected chi connectivity index (χ4v) is 2.60. The van der Waals surface area contributed by atoms with Gasteiger partial charge in [-0.15, -0.1) is 0 Å². The third-order valence-electron chi connectivity index (χ3n) is 3.48. The largest absolute Gasteiger partial charge is 0.494 e. The molecule has 1 unspecified atom stereocenters. The van der Waals surface area contributed by atoms with Crippen molar-refractivity contribution in [2.75, 3.05) is 13.7 Å². The molecule has 2 nitrogen and oxygen atoms in total. The number of hydrogen-bond acceptors (Lipinski definition) is 2. The molecule has 2 aromatic carbocycles. The molecule has 0 aliphatic carbocycles. The number of ether oxygens (including phenoxy) is 1. The summed E-state index contributed by atoms with van der Waals surface area (Å²) in [5, 5.41) is 3.96. The Labute approximate surface area is 129 Å². The first-order valence-electron chi connectivity index (χ1n) is 6.90. The fraction of sp³-hybridized carbons (Fsp3) is 0.294. The first-order valence-corrected chi connectivity index (χ1v) is 7.28. The zero-order chi connectivity index (χ0) is 15.4. The van der Waals surface area contributed by atoms with Gasteiger partial charge in [-0.2, -0.15) is 0 Å². The Balaban J connectivity index is 2.56. The van der Waals surface area contributed by atoms with E-state index in [0.29, 0.717) is 17.1 Å². The van der Waals surface area contributed by atoms with Crippen molar-refractivity contribution < 1.29 is 9.13 Å². The SMILES string of the molecule is CCNC(c1cc(Cl)ccc1C)c1cccc(OC)c1F. The van der Waals surface area contributed by atoms with Crippen LogP contribution in [0.15, 0.2) is 36.4 Å². The summed E-state index contributed by atoms with van der Waals surface area (Å²) in [6.45, 7) is 4.70. The highest BCUT2D eigenvalue weighted by atomic mass is 35.5. The minimum Gasteiger partial charge on any atom is -0.494 e. The number of nitrogens with one attached hydrogen (secondary N) is 1. The zero-order valence-corrected chi connectivity index (χ0v) is 13.2. The van der Waals surface area contributed by atoms with Crippen molar-refractivity contribution in [3.8, 4) is 5.75 Å². The van der Waals surface area contributed by atoms with E-state index in [4.69, 9.17) is 16.3 Å². The van der Waals surface area contributed by atoms with Gasteiger partial charge in [0.2, 0.25) is 0 Å². The molecule has 0 amide bonds. The Morgan fingerprint density at radius 3 is 2.67 bits per heavy atom. The number of hydrogen-bond donors (Lipinski definition) is 1. The predicted octanol–water partition coefficient (Wildman–Crippen LogP) is 4.50. The van der Waals surface area contributed by atoms with Crippen molar-refractivity contribution in [3.05, 3.63) is 63.9 Å². The molecular formula is C17H19ClFNO. The Hall–Kier alpha value is -1.58. The van der Waals surface area contributed by atoms with E-state index >= 15 is 0 Å². The second-order valence-corrected chi connectivity index (χ2v) is 5.29. The van der Waals surface area contributed by atoms with Gasteiger partial charge in [0.15, 0.2) is 11.6 Å². The van der Waals surface area contributed by atoms with Crippen LogP contribution in [-0.4, -0.2) is 13.7 Å². The van der Waals surface area contributed by atoms with Crippen molar-refractivity contribution in [2.24, 2.45) is 0 Å². The highest BCUT2D eigenvalue weighted by Crippen LogP contribution is 2.32. The van der Waals surface area contributed by atoms with Gasteiger partial charge in [0.1, 0.15) is 0 Å². The first-order chi connectivity index (χ1) is 10.1. The van der Waals surface area contributed by atoms with Crippen LogP contribution in [-0.2, 0) is 0 Å². The summed E-state index contributed by atoms with van der Waals surface area (Å²) in [4.78, 5) is 0. The average Bonchev–Trinajstić information content (AvgIpc) is 2.48. The summed E-state index contributed by atoms with van der Waals surface area (Å²) >= 11 is 6.10. The molecule has 0 radical (unpaired) electrons. The first kappa shape index (κ1) is 15.8. The molecule has 1 N–H and O–H groups in total. The van der Waals surface area contributed by atoms with Crippen molar-refractivity contribution >= 4 is 11.6 Å². The molecule has 2 aromatic rings. The molecule has 0 fully saturated rings. The number of methoxy groups -OCH3 is 1. The molecule has 0 spiro atoms. The quantitative estimate of drug-likeness (QED) is 0.878. The van der Waals surface area contributed by atoms with Gasteiger partial charge in [-0.05, 0) is 42.8 Å². The maximum absolute atomic E-state index is 14.6. The minimum absolute atomic E-state index is 0.245. The topological polar surface area (TPSA) is 21.3 Å². The van der Waals surface area contributed by atoms with Crippen LogP contribution in [0.2, 0.25) is 5.02 Å². The second kappa shape index (κ2) is 6.92. The van der Waals surface area contributed by atoms with Crippen LogP contribution >= 0.6 is 11.6 Å². The van der Waals surface area contributed by atoms with E-state index in [2.05, 4.69) is 5.32 Å². The van der Waals surface area contributed by atoms with Gasteiger partial charge in [0.25, 0.3) is 0 Å². The molecule has 0 aliphatic heterocycles. The number of aryl methyl sites for hydroxylation is 1. The van der Waals surface area contributed by atoms with Gasteiger partial charge in [-0.1, -0.05) is 36.7 Å². The van der Waals surface area contributed by atoms with Crippen LogP contribution < -0.4 is 10.1 Å². The molecule has 0 bridgehead atoms. The molecular weight excluding hydrogens is 289 g/mol. The zero-order valence-electron chi connectivity index (χ0n) is 12.4. The van der Waals surface area contributed by atoms with Crippen molar-refractivity contribution in [1.29, 1.82) is 0 Å². The number of halogens is 2. The number of rotatable bonds is 5. The summed E-state index contributed by atoms with van der Waals surface area (Å²) < 4.78 is 19.6. The molecule has 0 aliphatic rings. The third-order valence-corrected chi connectivity index (χ3v) is 3.72. The van der Waals surface area contributed by atoms with Crippen molar-refractivity contribution in [2.45, 2.75) is 19.9 Å². The fourth-order valence-electron chi connectivity index (χ4n) is 2.42. The van der Waals surface area contributed by atoms with E-state index in [1.165, 1.54) is 7.11 Å². The Morgan fingerprint density at radius 2 is 2.00 bits per heavy atom. The van der Waals surface area contributed by atoms with Gasteiger partial charge in [0, 0.05) is 10.6 Å². The minimum atomic E-state index is -0.342.